The lowest BCUT2D eigenvalue weighted by molar-refractivity contribution is 0.214. The highest BCUT2D eigenvalue weighted by Crippen LogP contribution is 2.13. The average Bonchev–Trinajstić information content (AvgIpc) is 2.26. The molecule has 0 heterocycles. The second-order valence-electron chi connectivity index (χ2n) is 4.27. The summed E-state index contributed by atoms with van der Waals surface area (Å²) in [5.41, 5.74) is 1.25. The Labute approximate surface area is 106 Å². The number of benzene rings is 1. The Hall–Kier alpha value is -0.540. The molecule has 0 bridgehead atoms. The first-order valence-corrected chi connectivity index (χ1v) is 6.83. The molecular weight excluding hydrogens is 266 g/mol. The Bertz CT molecular complexity index is 297. The van der Waals surface area contributed by atoms with E-state index in [4.69, 9.17) is 0 Å². The Morgan fingerprint density at radius 3 is 2.38 bits per heavy atom. The third kappa shape index (κ3) is 4.54. The van der Waals surface area contributed by atoms with E-state index in [1.807, 2.05) is 12.1 Å². The highest BCUT2D eigenvalue weighted by Gasteiger charge is 2.09. The molecule has 1 aromatic carbocycles. The van der Waals surface area contributed by atoms with Gasteiger partial charge in [0, 0.05) is 17.9 Å². The molecule has 1 aromatic rings. The Balaban J connectivity index is 2.57. The van der Waals surface area contributed by atoms with Crippen LogP contribution in [-0.2, 0) is 6.54 Å². The van der Waals surface area contributed by atoms with Crippen molar-refractivity contribution >= 4 is 15.9 Å². The predicted molar refractivity (Wildman–Crippen MR) is 72.1 cm³/mol. The van der Waals surface area contributed by atoms with Gasteiger partial charge in [-0.3, -0.25) is 4.90 Å². The van der Waals surface area contributed by atoms with Crippen LogP contribution >= 0.6 is 15.9 Å². The van der Waals surface area contributed by atoms with Gasteiger partial charge in [-0.05, 0) is 44.5 Å². The molecule has 0 atom stereocenters. The minimum Gasteiger partial charge on any atom is -0.508 e. The maximum atomic E-state index is 9.22. The van der Waals surface area contributed by atoms with Crippen LogP contribution in [-0.4, -0.2) is 27.9 Å². The predicted octanol–water partition coefficient (Wildman–Crippen LogP) is 3.39. The summed E-state index contributed by atoms with van der Waals surface area (Å²) in [6, 6.07) is 8.02. The molecule has 1 N–H and O–H groups in total. The van der Waals surface area contributed by atoms with Crippen molar-refractivity contribution in [1.82, 2.24) is 4.90 Å². The van der Waals surface area contributed by atoms with Crippen molar-refractivity contribution in [3.63, 3.8) is 0 Å². The fourth-order valence-electron chi connectivity index (χ4n) is 1.62. The van der Waals surface area contributed by atoms with E-state index in [2.05, 4.69) is 34.7 Å². The third-order valence-electron chi connectivity index (χ3n) is 2.63. The van der Waals surface area contributed by atoms with Gasteiger partial charge in [0.05, 0.1) is 0 Å². The quantitative estimate of drug-likeness (QED) is 0.810. The topological polar surface area (TPSA) is 23.5 Å². The smallest absolute Gasteiger partial charge is 0.115 e. The van der Waals surface area contributed by atoms with Gasteiger partial charge in [0.2, 0.25) is 0 Å². The zero-order valence-electron chi connectivity index (χ0n) is 9.99. The molecule has 0 aromatic heterocycles. The fraction of sp³-hybridized carbons (Fsp3) is 0.538. The first-order chi connectivity index (χ1) is 7.63. The number of phenolic OH excluding ortho intramolecular Hbond substituents is 1. The van der Waals surface area contributed by atoms with Crippen molar-refractivity contribution in [2.24, 2.45) is 0 Å². The molecule has 0 amide bonds. The van der Waals surface area contributed by atoms with Crippen LogP contribution in [0.2, 0.25) is 0 Å². The van der Waals surface area contributed by atoms with Gasteiger partial charge in [0.25, 0.3) is 0 Å². The maximum Gasteiger partial charge on any atom is 0.115 e. The lowest BCUT2D eigenvalue weighted by atomic mass is 10.1. The lowest BCUT2D eigenvalue weighted by Gasteiger charge is -2.26. The van der Waals surface area contributed by atoms with Gasteiger partial charge in [-0.1, -0.05) is 28.1 Å². The second-order valence-corrected chi connectivity index (χ2v) is 5.07. The maximum absolute atomic E-state index is 9.22. The second kappa shape index (κ2) is 6.92. The van der Waals surface area contributed by atoms with Crippen LogP contribution in [0.4, 0.5) is 0 Å². The van der Waals surface area contributed by atoms with E-state index in [9.17, 15) is 5.11 Å². The largest absolute Gasteiger partial charge is 0.508 e. The first-order valence-electron chi connectivity index (χ1n) is 5.71. The highest BCUT2D eigenvalue weighted by molar-refractivity contribution is 9.09. The minimum atomic E-state index is 0.334. The summed E-state index contributed by atoms with van der Waals surface area (Å²) < 4.78 is 0. The molecule has 0 saturated heterocycles. The van der Waals surface area contributed by atoms with E-state index < -0.39 is 0 Å². The summed E-state index contributed by atoms with van der Waals surface area (Å²) in [5.74, 6) is 0.334. The van der Waals surface area contributed by atoms with Crippen LogP contribution in [0.25, 0.3) is 0 Å². The molecule has 1 rings (SSSR count). The summed E-state index contributed by atoms with van der Waals surface area (Å²) in [4.78, 5) is 2.44. The van der Waals surface area contributed by atoms with Gasteiger partial charge in [-0.2, -0.15) is 0 Å². The zero-order chi connectivity index (χ0) is 12.0. The standard InChI is InChI=1S/C13H20BrNO/c1-11(2)15(9-3-8-14)10-12-4-6-13(16)7-5-12/h4-7,11,16H,3,8-10H2,1-2H3. The lowest BCUT2D eigenvalue weighted by Crippen LogP contribution is -2.31. The monoisotopic (exact) mass is 285 g/mol. The van der Waals surface area contributed by atoms with Gasteiger partial charge in [-0.15, -0.1) is 0 Å². The van der Waals surface area contributed by atoms with Gasteiger partial charge >= 0.3 is 0 Å². The number of aromatic hydroxyl groups is 1. The summed E-state index contributed by atoms with van der Waals surface area (Å²) >= 11 is 3.46. The number of phenols is 1. The molecule has 0 saturated carbocycles. The molecule has 0 spiro atoms. The Morgan fingerprint density at radius 2 is 1.88 bits per heavy atom. The summed E-state index contributed by atoms with van der Waals surface area (Å²) in [5, 5.41) is 10.3. The molecule has 0 aliphatic carbocycles. The zero-order valence-corrected chi connectivity index (χ0v) is 11.6. The fourth-order valence-corrected chi connectivity index (χ4v) is 1.87. The summed E-state index contributed by atoms with van der Waals surface area (Å²) in [6.45, 7) is 6.48. The average molecular weight is 286 g/mol. The molecule has 0 unspecified atom stereocenters. The number of alkyl halides is 1. The highest BCUT2D eigenvalue weighted by atomic mass is 79.9. The van der Waals surface area contributed by atoms with Crippen LogP contribution < -0.4 is 0 Å². The minimum absolute atomic E-state index is 0.334. The third-order valence-corrected chi connectivity index (χ3v) is 3.19. The van der Waals surface area contributed by atoms with Gasteiger partial charge < -0.3 is 5.11 Å². The molecule has 90 valence electrons. The molecule has 0 aliphatic heterocycles. The van der Waals surface area contributed by atoms with E-state index in [1.54, 1.807) is 12.1 Å². The Kier molecular flexibility index (Phi) is 5.85. The van der Waals surface area contributed by atoms with Crippen molar-refractivity contribution in [3.8, 4) is 5.75 Å². The van der Waals surface area contributed by atoms with E-state index in [1.165, 1.54) is 5.56 Å². The van der Waals surface area contributed by atoms with Gasteiger partial charge in [0.1, 0.15) is 5.75 Å². The van der Waals surface area contributed by atoms with Crippen LogP contribution in [0.3, 0.4) is 0 Å². The molecule has 0 radical (unpaired) electrons. The van der Waals surface area contributed by atoms with Crippen molar-refractivity contribution in [2.75, 3.05) is 11.9 Å². The van der Waals surface area contributed by atoms with Crippen molar-refractivity contribution < 1.29 is 5.11 Å². The molecule has 16 heavy (non-hydrogen) atoms. The van der Waals surface area contributed by atoms with Crippen LogP contribution in [0.5, 0.6) is 5.75 Å². The van der Waals surface area contributed by atoms with Crippen LogP contribution in [0, 0.1) is 0 Å². The van der Waals surface area contributed by atoms with Crippen molar-refractivity contribution in [2.45, 2.75) is 32.9 Å². The molecule has 3 heteroatoms. The van der Waals surface area contributed by atoms with E-state index in [0.29, 0.717) is 11.8 Å². The van der Waals surface area contributed by atoms with Crippen molar-refractivity contribution in [3.05, 3.63) is 29.8 Å². The van der Waals surface area contributed by atoms with E-state index >= 15 is 0 Å². The van der Waals surface area contributed by atoms with Crippen LogP contribution in [0.1, 0.15) is 25.8 Å². The molecule has 2 nitrogen and oxygen atoms in total. The van der Waals surface area contributed by atoms with Crippen molar-refractivity contribution in [1.29, 1.82) is 0 Å². The van der Waals surface area contributed by atoms with Gasteiger partial charge in [-0.25, -0.2) is 0 Å². The SMILES string of the molecule is CC(C)N(CCCBr)Cc1ccc(O)cc1. The van der Waals surface area contributed by atoms with Gasteiger partial charge in [0.15, 0.2) is 0 Å². The number of hydrogen-bond acceptors (Lipinski definition) is 2. The normalized spacial score (nSPS) is 11.3. The number of nitrogens with zero attached hydrogens (tertiary/aromatic N) is 1. The molecule has 0 fully saturated rings. The van der Waals surface area contributed by atoms with E-state index in [0.717, 1.165) is 24.8 Å². The number of hydrogen-bond donors (Lipinski definition) is 1. The van der Waals surface area contributed by atoms with E-state index in [-0.39, 0.29) is 0 Å². The van der Waals surface area contributed by atoms with Crippen LogP contribution in [0.15, 0.2) is 24.3 Å². The number of rotatable bonds is 6. The Morgan fingerprint density at radius 1 is 1.25 bits per heavy atom. The first kappa shape index (κ1) is 13.5. The summed E-state index contributed by atoms with van der Waals surface area (Å²) in [7, 11) is 0. The number of halogens is 1. The molecular formula is C13H20BrNO. The molecule has 0 aliphatic rings. The summed E-state index contributed by atoms with van der Waals surface area (Å²) in [6.07, 6.45) is 1.16.